The van der Waals surface area contributed by atoms with E-state index in [1.54, 1.807) is 10.9 Å². The minimum Gasteiger partial charge on any atom is -0.312 e. The van der Waals surface area contributed by atoms with E-state index in [-0.39, 0.29) is 5.56 Å². The Hall–Kier alpha value is -2.14. The molecule has 2 aliphatic rings. The van der Waals surface area contributed by atoms with Gasteiger partial charge in [-0.15, -0.1) is 0 Å². The van der Waals surface area contributed by atoms with Crippen LogP contribution >= 0.6 is 11.6 Å². The fourth-order valence-electron chi connectivity index (χ4n) is 4.27. The van der Waals surface area contributed by atoms with Crippen LogP contribution in [0, 0.1) is 5.92 Å². The molecule has 0 bridgehead atoms. The number of fused-ring (bicyclic) bond motifs is 1. The van der Waals surface area contributed by atoms with Crippen molar-refractivity contribution in [2.24, 2.45) is 5.92 Å². The number of hydrogen-bond acceptors (Lipinski definition) is 3. The molecule has 1 aromatic carbocycles. The Morgan fingerprint density at radius 2 is 1.78 bits per heavy atom. The van der Waals surface area contributed by atoms with Crippen LogP contribution in [0.3, 0.4) is 0 Å². The second kappa shape index (κ2) is 6.79. The van der Waals surface area contributed by atoms with Crippen LogP contribution in [-0.2, 0) is 6.42 Å². The minimum absolute atomic E-state index is 0.0764. The number of imidazole rings is 1. The van der Waals surface area contributed by atoms with Gasteiger partial charge in [0.25, 0.3) is 5.56 Å². The molecule has 0 amide bonds. The summed E-state index contributed by atoms with van der Waals surface area (Å²) >= 11 is 6.06. The third kappa shape index (κ3) is 3.18. The van der Waals surface area contributed by atoms with E-state index in [1.165, 1.54) is 32.1 Å². The highest BCUT2D eigenvalue weighted by molar-refractivity contribution is 6.30. The van der Waals surface area contributed by atoms with Gasteiger partial charge in [0.15, 0.2) is 11.2 Å². The Labute approximate surface area is 163 Å². The Bertz CT molecular complexity index is 1030. The van der Waals surface area contributed by atoms with Crippen LogP contribution in [0.25, 0.3) is 16.9 Å². The highest BCUT2D eigenvalue weighted by Crippen LogP contribution is 2.36. The Morgan fingerprint density at radius 3 is 2.48 bits per heavy atom. The number of rotatable bonds is 4. The lowest BCUT2D eigenvalue weighted by molar-refractivity contribution is 0.349. The van der Waals surface area contributed by atoms with E-state index in [4.69, 9.17) is 16.6 Å². The van der Waals surface area contributed by atoms with Gasteiger partial charge in [0.05, 0.1) is 12.0 Å². The summed E-state index contributed by atoms with van der Waals surface area (Å²) < 4.78 is 3.84. The highest BCUT2D eigenvalue weighted by Gasteiger charge is 2.28. The van der Waals surface area contributed by atoms with Gasteiger partial charge >= 0.3 is 0 Å². The van der Waals surface area contributed by atoms with E-state index in [0.717, 1.165) is 36.4 Å². The highest BCUT2D eigenvalue weighted by atomic mass is 35.5. The monoisotopic (exact) mass is 382 g/mol. The second-order valence-corrected chi connectivity index (χ2v) is 8.34. The molecule has 6 heteroatoms. The standard InChI is InChI=1S/C21H23ClN4O/c22-15-6-8-17(9-7-15)26-18(12-14-4-2-1-3-5-14)24-20-19(21(26)27)23-13-25(20)16-10-11-16/h6-9,13-14,16H,1-5,10-12H2. The molecule has 2 saturated carbocycles. The van der Waals surface area contributed by atoms with Crippen LogP contribution in [0.4, 0.5) is 0 Å². The Morgan fingerprint density at radius 1 is 1.04 bits per heavy atom. The molecule has 2 aromatic heterocycles. The maximum atomic E-state index is 13.3. The molecule has 3 aromatic rings. The summed E-state index contributed by atoms with van der Waals surface area (Å²) in [5.74, 6) is 1.45. The lowest BCUT2D eigenvalue weighted by atomic mass is 9.87. The average Bonchev–Trinajstić information content (AvgIpc) is 3.44. The van der Waals surface area contributed by atoms with Crippen molar-refractivity contribution in [1.29, 1.82) is 0 Å². The molecule has 0 atom stereocenters. The molecule has 27 heavy (non-hydrogen) atoms. The van der Waals surface area contributed by atoms with E-state index in [9.17, 15) is 4.79 Å². The predicted molar refractivity (Wildman–Crippen MR) is 107 cm³/mol. The number of benzene rings is 1. The van der Waals surface area contributed by atoms with Crippen molar-refractivity contribution < 1.29 is 0 Å². The van der Waals surface area contributed by atoms with Gasteiger partial charge in [0.2, 0.25) is 0 Å². The molecule has 5 nitrogen and oxygen atoms in total. The summed E-state index contributed by atoms with van der Waals surface area (Å²) in [5, 5.41) is 0.660. The molecule has 5 rings (SSSR count). The second-order valence-electron chi connectivity index (χ2n) is 7.91. The smallest absolute Gasteiger partial charge is 0.286 e. The SMILES string of the molecule is O=c1c2ncn(C3CC3)c2nc(CC2CCCCC2)n1-c1ccc(Cl)cc1. The molecule has 0 spiro atoms. The van der Waals surface area contributed by atoms with Gasteiger partial charge in [0.1, 0.15) is 5.82 Å². The van der Waals surface area contributed by atoms with E-state index in [1.807, 2.05) is 24.3 Å². The van der Waals surface area contributed by atoms with Crippen LogP contribution in [0.2, 0.25) is 5.02 Å². The van der Waals surface area contributed by atoms with Gasteiger partial charge in [-0.3, -0.25) is 9.36 Å². The summed E-state index contributed by atoms with van der Waals surface area (Å²) in [4.78, 5) is 22.7. The molecular formula is C21H23ClN4O. The van der Waals surface area contributed by atoms with Gasteiger partial charge in [-0.1, -0.05) is 43.7 Å². The van der Waals surface area contributed by atoms with Crippen molar-refractivity contribution in [2.45, 2.75) is 57.4 Å². The first kappa shape index (κ1) is 17.0. The summed E-state index contributed by atoms with van der Waals surface area (Å²) in [6.45, 7) is 0. The molecule has 0 unspecified atom stereocenters. The van der Waals surface area contributed by atoms with E-state index < -0.39 is 0 Å². The molecule has 0 aliphatic heterocycles. The number of aromatic nitrogens is 4. The average molecular weight is 383 g/mol. The molecular weight excluding hydrogens is 360 g/mol. The van der Waals surface area contributed by atoms with Crippen molar-refractivity contribution in [1.82, 2.24) is 19.1 Å². The number of nitrogens with zero attached hydrogens (tertiary/aromatic N) is 4. The van der Waals surface area contributed by atoms with Crippen molar-refractivity contribution in [3.05, 3.63) is 51.8 Å². The van der Waals surface area contributed by atoms with Crippen LogP contribution in [0.5, 0.6) is 0 Å². The molecule has 0 saturated heterocycles. The first-order chi connectivity index (χ1) is 13.2. The maximum Gasteiger partial charge on any atom is 0.286 e. The fraction of sp³-hybridized carbons (Fsp3) is 0.476. The summed E-state index contributed by atoms with van der Waals surface area (Å²) in [6, 6.07) is 7.87. The van der Waals surface area contributed by atoms with E-state index >= 15 is 0 Å². The molecule has 140 valence electrons. The first-order valence-corrected chi connectivity index (χ1v) is 10.3. The summed E-state index contributed by atoms with van der Waals surface area (Å²) in [5.41, 5.74) is 1.95. The molecule has 2 fully saturated rings. The first-order valence-electron chi connectivity index (χ1n) is 9.95. The predicted octanol–water partition coefficient (Wildman–Crippen LogP) is 4.69. The van der Waals surface area contributed by atoms with Crippen molar-refractivity contribution in [3.63, 3.8) is 0 Å². The van der Waals surface area contributed by atoms with Crippen molar-refractivity contribution in [3.8, 4) is 5.69 Å². The van der Waals surface area contributed by atoms with Gasteiger partial charge < -0.3 is 4.57 Å². The van der Waals surface area contributed by atoms with Crippen LogP contribution in [0.1, 0.15) is 56.8 Å². The van der Waals surface area contributed by atoms with Crippen molar-refractivity contribution in [2.75, 3.05) is 0 Å². The molecule has 0 radical (unpaired) electrons. The van der Waals surface area contributed by atoms with E-state index in [0.29, 0.717) is 22.5 Å². The topological polar surface area (TPSA) is 52.7 Å². The fourth-order valence-corrected chi connectivity index (χ4v) is 4.40. The van der Waals surface area contributed by atoms with Crippen LogP contribution < -0.4 is 5.56 Å². The molecule has 2 heterocycles. The van der Waals surface area contributed by atoms with Gasteiger partial charge in [0, 0.05) is 17.5 Å². The quantitative estimate of drug-likeness (QED) is 0.657. The Kier molecular flexibility index (Phi) is 4.27. The lowest BCUT2D eigenvalue weighted by Gasteiger charge is -2.22. The lowest BCUT2D eigenvalue weighted by Crippen LogP contribution is -2.26. The van der Waals surface area contributed by atoms with E-state index in [2.05, 4.69) is 9.55 Å². The molecule has 0 N–H and O–H groups in total. The van der Waals surface area contributed by atoms with Crippen LogP contribution in [-0.4, -0.2) is 19.1 Å². The van der Waals surface area contributed by atoms with Crippen LogP contribution in [0.15, 0.2) is 35.4 Å². The maximum absolute atomic E-state index is 13.3. The zero-order chi connectivity index (χ0) is 18.4. The normalized spacial score (nSPS) is 18.3. The molecule has 2 aliphatic carbocycles. The summed E-state index contributed by atoms with van der Waals surface area (Å²) in [7, 11) is 0. The summed E-state index contributed by atoms with van der Waals surface area (Å²) in [6.07, 6.45) is 11.2. The third-order valence-electron chi connectivity index (χ3n) is 5.89. The van der Waals surface area contributed by atoms with Crippen molar-refractivity contribution >= 4 is 22.8 Å². The third-order valence-corrected chi connectivity index (χ3v) is 6.14. The van der Waals surface area contributed by atoms with Gasteiger partial charge in [-0.2, -0.15) is 0 Å². The van der Waals surface area contributed by atoms with Gasteiger partial charge in [-0.25, -0.2) is 9.97 Å². The number of hydrogen-bond donors (Lipinski definition) is 0. The largest absolute Gasteiger partial charge is 0.312 e. The zero-order valence-corrected chi connectivity index (χ0v) is 16.0. The number of halogens is 1. The zero-order valence-electron chi connectivity index (χ0n) is 15.3. The van der Waals surface area contributed by atoms with Gasteiger partial charge in [-0.05, 0) is 43.0 Å². The Balaban J connectivity index is 1.67. The minimum atomic E-state index is -0.0764.